The predicted octanol–water partition coefficient (Wildman–Crippen LogP) is 1.53. The van der Waals surface area contributed by atoms with Crippen molar-refractivity contribution in [1.29, 1.82) is 0 Å². The fourth-order valence-electron chi connectivity index (χ4n) is 1.73. The van der Waals surface area contributed by atoms with E-state index in [1.54, 1.807) is 0 Å². The number of benzene rings is 1. The molecule has 0 fully saturated rings. The second-order valence-corrected chi connectivity index (χ2v) is 3.63. The van der Waals surface area contributed by atoms with Crippen molar-refractivity contribution >= 4 is 11.6 Å². The van der Waals surface area contributed by atoms with Crippen LogP contribution in [-0.2, 0) is 17.4 Å². The Bertz CT molecular complexity index is 442. The standard InChI is InChI=1S/C10H9F3N2O/c11-10(12,13)6-2-1-3-8-5(6)4-7(14)9(16)15-8/h1-3,7H,4,14H2,(H,15,16). The molecule has 1 aromatic rings. The van der Waals surface area contributed by atoms with E-state index in [1.165, 1.54) is 12.1 Å². The van der Waals surface area contributed by atoms with Gasteiger partial charge in [0.1, 0.15) is 0 Å². The number of hydrogen-bond acceptors (Lipinski definition) is 2. The van der Waals surface area contributed by atoms with Gasteiger partial charge in [-0.3, -0.25) is 4.79 Å². The highest BCUT2D eigenvalue weighted by Crippen LogP contribution is 2.36. The summed E-state index contributed by atoms with van der Waals surface area (Å²) in [6.07, 6.45) is -4.51. The molecule has 0 aromatic heterocycles. The maximum atomic E-state index is 12.6. The summed E-state index contributed by atoms with van der Waals surface area (Å²) in [7, 11) is 0. The van der Waals surface area contributed by atoms with Gasteiger partial charge >= 0.3 is 6.18 Å². The number of amides is 1. The number of alkyl halides is 3. The van der Waals surface area contributed by atoms with Gasteiger partial charge < -0.3 is 11.1 Å². The monoisotopic (exact) mass is 230 g/mol. The van der Waals surface area contributed by atoms with Crippen molar-refractivity contribution in [2.24, 2.45) is 5.73 Å². The summed E-state index contributed by atoms with van der Waals surface area (Å²) in [6.45, 7) is 0. The molecule has 3 nitrogen and oxygen atoms in total. The van der Waals surface area contributed by atoms with Crippen molar-refractivity contribution in [3.8, 4) is 0 Å². The van der Waals surface area contributed by atoms with E-state index >= 15 is 0 Å². The van der Waals surface area contributed by atoms with Gasteiger partial charge in [-0.15, -0.1) is 0 Å². The van der Waals surface area contributed by atoms with Crippen LogP contribution in [0.25, 0.3) is 0 Å². The third-order valence-corrected chi connectivity index (χ3v) is 2.50. The first-order valence-electron chi connectivity index (χ1n) is 4.65. The molecule has 6 heteroatoms. The minimum Gasteiger partial charge on any atom is -0.324 e. The molecule has 1 atom stereocenters. The van der Waals surface area contributed by atoms with Gasteiger partial charge in [-0.1, -0.05) is 6.07 Å². The number of rotatable bonds is 0. The van der Waals surface area contributed by atoms with E-state index in [2.05, 4.69) is 5.32 Å². The highest BCUT2D eigenvalue weighted by molar-refractivity contribution is 5.98. The third-order valence-electron chi connectivity index (χ3n) is 2.50. The molecule has 16 heavy (non-hydrogen) atoms. The van der Waals surface area contributed by atoms with Crippen LogP contribution in [-0.4, -0.2) is 11.9 Å². The Labute approximate surface area is 89.4 Å². The van der Waals surface area contributed by atoms with Gasteiger partial charge in [0.25, 0.3) is 0 Å². The number of carbonyl (C=O) groups is 1. The van der Waals surface area contributed by atoms with Crippen LogP contribution >= 0.6 is 0 Å². The smallest absolute Gasteiger partial charge is 0.324 e. The van der Waals surface area contributed by atoms with Gasteiger partial charge in [-0.2, -0.15) is 13.2 Å². The lowest BCUT2D eigenvalue weighted by molar-refractivity contribution is -0.138. The first-order chi connectivity index (χ1) is 7.39. The lowest BCUT2D eigenvalue weighted by Gasteiger charge is -2.24. The molecule has 3 N–H and O–H groups in total. The topological polar surface area (TPSA) is 55.1 Å². The molecule has 86 valence electrons. The second kappa shape index (κ2) is 3.48. The zero-order valence-corrected chi connectivity index (χ0v) is 8.14. The Morgan fingerprint density at radius 2 is 2.06 bits per heavy atom. The molecule has 1 unspecified atom stereocenters. The molecule has 0 radical (unpaired) electrons. The van der Waals surface area contributed by atoms with Crippen LogP contribution in [0.3, 0.4) is 0 Å². The molecule has 1 heterocycles. The van der Waals surface area contributed by atoms with E-state index < -0.39 is 23.7 Å². The molecule has 1 aromatic carbocycles. The normalized spacial score (nSPS) is 20.2. The summed E-state index contributed by atoms with van der Waals surface area (Å²) in [5.74, 6) is -0.452. The SMILES string of the molecule is NC1Cc2c(cccc2C(F)(F)F)NC1=O. The maximum absolute atomic E-state index is 12.6. The zero-order chi connectivity index (χ0) is 11.9. The van der Waals surface area contributed by atoms with Crippen LogP contribution in [0, 0.1) is 0 Å². The van der Waals surface area contributed by atoms with Gasteiger partial charge in [0.2, 0.25) is 5.91 Å². The molecule has 0 bridgehead atoms. The lowest BCUT2D eigenvalue weighted by atomic mass is 9.94. The Hall–Kier alpha value is -1.56. The Kier molecular flexibility index (Phi) is 2.38. The fourth-order valence-corrected chi connectivity index (χ4v) is 1.73. The van der Waals surface area contributed by atoms with Gasteiger partial charge in [-0.05, 0) is 24.1 Å². The van der Waals surface area contributed by atoms with E-state index in [-0.39, 0.29) is 17.7 Å². The quantitative estimate of drug-likeness (QED) is 0.710. The van der Waals surface area contributed by atoms with Gasteiger partial charge in [0, 0.05) is 5.69 Å². The number of fused-ring (bicyclic) bond motifs is 1. The molecule has 0 saturated heterocycles. The van der Waals surface area contributed by atoms with Crippen LogP contribution in [0.15, 0.2) is 18.2 Å². The molecular formula is C10H9F3N2O. The van der Waals surface area contributed by atoms with E-state index in [1.807, 2.05) is 0 Å². The molecular weight excluding hydrogens is 221 g/mol. The number of nitrogens with two attached hydrogens (primary N) is 1. The average molecular weight is 230 g/mol. The van der Waals surface area contributed by atoms with Crippen molar-refractivity contribution in [2.75, 3.05) is 5.32 Å². The average Bonchev–Trinajstić information content (AvgIpc) is 2.17. The second-order valence-electron chi connectivity index (χ2n) is 3.63. The number of hydrogen-bond donors (Lipinski definition) is 2. The van der Waals surface area contributed by atoms with Crippen LogP contribution in [0.4, 0.5) is 18.9 Å². The summed E-state index contributed by atoms with van der Waals surface area (Å²) >= 11 is 0. The molecule has 0 saturated carbocycles. The summed E-state index contributed by atoms with van der Waals surface area (Å²) in [5.41, 5.74) is 4.94. The Morgan fingerprint density at radius 3 is 2.69 bits per heavy atom. The van der Waals surface area contributed by atoms with Crippen molar-refractivity contribution in [1.82, 2.24) is 0 Å². The van der Waals surface area contributed by atoms with Crippen molar-refractivity contribution in [3.05, 3.63) is 29.3 Å². The van der Waals surface area contributed by atoms with Crippen molar-refractivity contribution in [3.63, 3.8) is 0 Å². The first-order valence-corrected chi connectivity index (χ1v) is 4.65. The molecule has 0 spiro atoms. The third kappa shape index (κ3) is 1.76. The van der Waals surface area contributed by atoms with E-state index in [0.29, 0.717) is 0 Å². The highest BCUT2D eigenvalue weighted by atomic mass is 19.4. The number of nitrogens with one attached hydrogen (secondary N) is 1. The summed E-state index contributed by atoms with van der Waals surface area (Å²) in [6, 6.07) is 2.77. The molecule has 2 rings (SSSR count). The Morgan fingerprint density at radius 1 is 1.38 bits per heavy atom. The van der Waals surface area contributed by atoms with Crippen molar-refractivity contribution in [2.45, 2.75) is 18.6 Å². The molecule has 1 aliphatic heterocycles. The first kappa shape index (κ1) is 10.9. The summed E-state index contributed by atoms with van der Waals surface area (Å²) < 4.78 is 37.9. The lowest BCUT2D eigenvalue weighted by Crippen LogP contribution is -2.41. The van der Waals surface area contributed by atoms with E-state index in [0.717, 1.165) is 6.07 Å². The van der Waals surface area contributed by atoms with E-state index in [4.69, 9.17) is 5.73 Å². The minimum absolute atomic E-state index is 0.0575. The minimum atomic E-state index is -4.42. The van der Waals surface area contributed by atoms with Crippen LogP contribution < -0.4 is 11.1 Å². The molecule has 0 aliphatic carbocycles. The van der Waals surface area contributed by atoms with Gasteiger partial charge in [0.15, 0.2) is 0 Å². The van der Waals surface area contributed by atoms with Gasteiger partial charge in [0.05, 0.1) is 11.6 Å². The zero-order valence-electron chi connectivity index (χ0n) is 8.14. The largest absolute Gasteiger partial charge is 0.416 e. The van der Waals surface area contributed by atoms with Crippen LogP contribution in [0.5, 0.6) is 0 Å². The number of halogens is 3. The summed E-state index contributed by atoms with van der Waals surface area (Å²) in [5, 5.41) is 2.36. The molecule has 1 amide bonds. The van der Waals surface area contributed by atoms with Gasteiger partial charge in [-0.25, -0.2) is 0 Å². The number of anilines is 1. The highest BCUT2D eigenvalue weighted by Gasteiger charge is 2.36. The number of carbonyl (C=O) groups excluding carboxylic acids is 1. The van der Waals surface area contributed by atoms with Crippen LogP contribution in [0.2, 0.25) is 0 Å². The van der Waals surface area contributed by atoms with E-state index in [9.17, 15) is 18.0 Å². The van der Waals surface area contributed by atoms with Crippen molar-refractivity contribution < 1.29 is 18.0 Å². The predicted molar refractivity (Wildman–Crippen MR) is 51.8 cm³/mol. The van der Waals surface area contributed by atoms with Crippen LogP contribution in [0.1, 0.15) is 11.1 Å². The fraction of sp³-hybridized carbons (Fsp3) is 0.300. The Balaban J connectivity index is 2.53. The summed E-state index contributed by atoms with van der Waals surface area (Å²) in [4.78, 5) is 11.2. The molecule has 1 aliphatic rings. The maximum Gasteiger partial charge on any atom is 0.416 e.